The van der Waals surface area contributed by atoms with Gasteiger partial charge in [0.25, 0.3) is 11.8 Å². The van der Waals surface area contributed by atoms with Gasteiger partial charge in [0, 0.05) is 11.8 Å². The lowest BCUT2D eigenvalue weighted by Crippen LogP contribution is -2.23. The van der Waals surface area contributed by atoms with E-state index in [2.05, 4.69) is 10.3 Å². The zero-order valence-corrected chi connectivity index (χ0v) is 11.8. The summed E-state index contributed by atoms with van der Waals surface area (Å²) < 4.78 is 5.12. The maximum absolute atomic E-state index is 12.0. The fraction of sp³-hybridized carbons (Fsp3) is 0.133. The monoisotopic (exact) mass is 300 g/mol. The number of nitrogens with two attached hydrogens (primary N) is 2. The molecule has 2 aromatic rings. The molecule has 0 atom stereocenters. The van der Waals surface area contributed by atoms with Crippen LogP contribution in [0.1, 0.15) is 16.1 Å². The largest absolute Gasteiger partial charge is 0.482 e. The van der Waals surface area contributed by atoms with Crippen LogP contribution in [0.3, 0.4) is 0 Å². The van der Waals surface area contributed by atoms with Gasteiger partial charge in [0.15, 0.2) is 6.61 Å². The first-order valence-electron chi connectivity index (χ1n) is 6.55. The van der Waals surface area contributed by atoms with Gasteiger partial charge in [-0.05, 0) is 30.3 Å². The summed E-state index contributed by atoms with van der Waals surface area (Å²) in [5.74, 6) is -0.574. The Kier molecular flexibility index (Phi) is 4.92. The van der Waals surface area contributed by atoms with Crippen molar-refractivity contribution in [1.82, 2.24) is 10.3 Å². The fourth-order valence-corrected chi connectivity index (χ4v) is 1.75. The summed E-state index contributed by atoms with van der Waals surface area (Å²) in [5, 5.41) is 2.74. The summed E-state index contributed by atoms with van der Waals surface area (Å²) in [6, 6.07) is 10.0. The minimum Gasteiger partial charge on any atom is -0.482 e. The number of benzene rings is 1. The number of hydrogen-bond acceptors (Lipinski definition) is 5. The lowest BCUT2D eigenvalue weighted by molar-refractivity contribution is -0.119. The molecule has 0 aliphatic heterocycles. The zero-order valence-electron chi connectivity index (χ0n) is 11.8. The van der Waals surface area contributed by atoms with Gasteiger partial charge in [-0.15, -0.1) is 0 Å². The van der Waals surface area contributed by atoms with E-state index >= 15 is 0 Å². The summed E-state index contributed by atoms with van der Waals surface area (Å²) in [6.07, 6.45) is 1.66. The number of ether oxygens (including phenoxy) is 1. The molecule has 2 rings (SSSR count). The zero-order chi connectivity index (χ0) is 15.9. The summed E-state index contributed by atoms with van der Waals surface area (Å²) >= 11 is 0. The van der Waals surface area contributed by atoms with Crippen molar-refractivity contribution in [2.75, 3.05) is 12.3 Å². The number of carbonyl (C=O) groups excluding carboxylic acids is 2. The van der Waals surface area contributed by atoms with Crippen molar-refractivity contribution in [3.63, 3.8) is 0 Å². The molecule has 2 amide bonds. The van der Waals surface area contributed by atoms with Gasteiger partial charge in [-0.1, -0.05) is 6.07 Å². The van der Waals surface area contributed by atoms with E-state index in [9.17, 15) is 9.59 Å². The number of nitrogens with zero attached hydrogens (tertiary/aromatic N) is 1. The third kappa shape index (κ3) is 4.20. The van der Waals surface area contributed by atoms with Crippen LogP contribution >= 0.6 is 0 Å². The molecule has 0 fully saturated rings. The molecule has 0 radical (unpaired) electrons. The minimum atomic E-state index is -0.600. The molecule has 0 saturated heterocycles. The van der Waals surface area contributed by atoms with Crippen molar-refractivity contribution in [2.24, 2.45) is 5.73 Å². The Bertz CT molecular complexity index is 674. The van der Waals surface area contributed by atoms with E-state index in [1.807, 2.05) is 12.1 Å². The average Bonchev–Trinajstić information content (AvgIpc) is 2.52. The molecule has 7 nitrogen and oxygen atoms in total. The third-order valence-corrected chi connectivity index (χ3v) is 2.80. The van der Waals surface area contributed by atoms with E-state index in [1.54, 1.807) is 18.3 Å². The van der Waals surface area contributed by atoms with Crippen molar-refractivity contribution in [3.05, 3.63) is 53.9 Å². The number of aromatic nitrogens is 1. The van der Waals surface area contributed by atoms with E-state index in [0.717, 1.165) is 5.69 Å². The molecule has 0 aliphatic rings. The van der Waals surface area contributed by atoms with Crippen LogP contribution in [0.5, 0.6) is 5.75 Å². The van der Waals surface area contributed by atoms with Crippen molar-refractivity contribution in [1.29, 1.82) is 0 Å². The molecule has 0 aliphatic carbocycles. The summed E-state index contributed by atoms with van der Waals surface area (Å²) in [5.41, 5.74) is 12.2. The van der Waals surface area contributed by atoms with Crippen molar-refractivity contribution < 1.29 is 14.3 Å². The maximum atomic E-state index is 12.0. The number of nitrogen functional groups attached to an aromatic ring is 1. The second kappa shape index (κ2) is 7.07. The summed E-state index contributed by atoms with van der Waals surface area (Å²) in [6.45, 7) is 0.0505. The number of hydrogen-bond donors (Lipinski definition) is 3. The Labute approximate surface area is 127 Å². The van der Waals surface area contributed by atoms with Crippen LogP contribution < -0.4 is 21.5 Å². The van der Waals surface area contributed by atoms with E-state index in [4.69, 9.17) is 16.2 Å². The van der Waals surface area contributed by atoms with Gasteiger partial charge in [-0.3, -0.25) is 14.6 Å². The van der Waals surface area contributed by atoms with E-state index in [1.165, 1.54) is 12.1 Å². The van der Waals surface area contributed by atoms with Gasteiger partial charge in [0.1, 0.15) is 5.75 Å². The topological polar surface area (TPSA) is 120 Å². The maximum Gasteiger partial charge on any atom is 0.255 e. The Balaban J connectivity index is 1.98. The van der Waals surface area contributed by atoms with Crippen LogP contribution in [0.2, 0.25) is 0 Å². The van der Waals surface area contributed by atoms with Gasteiger partial charge in [-0.25, -0.2) is 0 Å². The Morgan fingerprint density at radius 3 is 2.68 bits per heavy atom. The molecular formula is C15H16N4O3. The highest BCUT2D eigenvalue weighted by Gasteiger charge is 2.09. The molecule has 0 spiro atoms. The Morgan fingerprint density at radius 1 is 1.23 bits per heavy atom. The van der Waals surface area contributed by atoms with E-state index in [-0.39, 0.29) is 18.2 Å². The lowest BCUT2D eigenvalue weighted by Gasteiger charge is -2.09. The van der Waals surface area contributed by atoms with Gasteiger partial charge >= 0.3 is 0 Å². The minimum absolute atomic E-state index is 0.256. The average molecular weight is 300 g/mol. The van der Waals surface area contributed by atoms with Gasteiger partial charge in [0.2, 0.25) is 0 Å². The molecule has 1 aromatic carbocycles. The number of amides is 2. The van der Waals surface area contributed by atoms with Gasteiger partial charge in [-0.2, -0.15) is 0 Å². The van der Waals surface area contributed by atoms with Crippen LogP contribution in [0, 0.1) is 0 Å². The first kappa shape index (κ1) is 15.3. The van der Waals surface area contributed by atoms with Crippen molar-refractivity contribution >= 4 is 17.5 Å². The molecule has 22 heavy (non-hydrogen) atoms. The second-order valence-electron chi connectivity index (χ2n) is 4.51. The molecule has 1 aromatic heterocycles. The fourth-order valence-electron chi connectivity index (χ4n) is 1.75. The third-order valence-electron chi connectivity index (χ3n) is 2.80. The van der Waals surface area contributed by atoms with E-state index < -0.39 is 5.91 Å². The first-order valence-corrected chi connectivity index (χ1v) is 6.55. The lowest BCUT2D eigenvalue weighted by atomic mass is 10.1. The smallest absolute Gasteiger partial charge is 0.255 e. The molecule has 5 N–H and O–H groups in total. The van der Waals surface area contributed by atoms with Crippen molar-refractivity contribution in [2.45, 2.75) is 6.54 Å². The molecule has 1 heterocycles. The van der Waals surface area contributed by atoms with Crippen LogP contribution in [0.15, 0.2) is 42.6 Å². The summed E-state index contributed by atoms with van der Waals surface area (Å²) in [7, 11) is 0. The number of nitrogens with one attached hydrogen (secondary N) is 1. The molecular weight excluding hydrogens is 284 g/mol. The SMILES string of the molecule is NC(=O)COc1ccc(C(=O)NCc2ccccn2)cc1N. The van der Waals surface area contributed by atoms with Crippen LogP contribution in [0.25, 0.3) is 0 Å². The predicted octanol–water partition coefficient (Wildman–Crippen LogP) is 0.458. The second-order valence-corrected chi connectivity index (χ2v) is 4.51. The standard InChI is InChI=1S/C15H16N4O3/c16-12-7-10(4-5-13(12)22-9-14(17)20)15(21)19-8-11-3-1-2-6-18-11/h1-7H,8-9,16H2,(H2,17,20)(H,19,21). The highest BCUT2D eigenvalue weighted by Crippen LogP contribution is 2.22. The summed E-state index contributed by atoms with van der Waals surface area (Å²) in [4.78, 5) is 26.8. The number of pyridine rings is 1. The van der Waals surface area contributed by atoms with E-state index in [0.29, 0.717) is 17.9 Å². The first-order chi connectivity index (χ1) is 10.6. The number of rotatable bonds is 6. The van der Waals surface area contributed by atoms with Crippen LogP contribution in [-0.2, 0) is 11.3 Å². The Hall–Kier alpha value is -3.09. The van der Waals surface area contributed by atoms with Gasteiger partial charge < -0.3 is 21.5 Å². The highest BCUT2D eigenvalue weighted by atomic mass is 16.5. The quantitative estimate of drug-likeness (QED) is 0.669. The van der Waals surface area contributed by atoms with Gasteiger partial charge in [0.05, 0.1) is 17.9 Å². The Morgan fingerprint density at radius 2 is 2.05 bits per heavy atom. The normalized spacial score (nSPS) is 10.0. The highest BCUT2D eigenvalue weighted by molar-refractivity contribution is 5.95. The molecule has 7 heteroatoms. The van der Waals surface area contributed by atoms with Crippen LogP contribution in [-0.4, -0.2) is 23.4 Å². The molecule has 0 bridgehead atoms. The number of carbonyl (C=O) groups is 2. The molecule has 114 valence electrons. The van der Waals surface area contributed by atoms with Crippen LogP contribution in [0.4, 0.5) is 5.69 Å². The predicted molar refractivity (Wildman–Crippen MR) is 81.0 cm³/mol. The van der Waals surface area contributed by atoms with Crippen molar-refractivity contribution in [3.8, 4) is 5.75 Å². The number of primary amides is 1. The molecule has 0 saturated carbocycles. The number of anilines is 1. The molecule has 0 unspecified atom stereocenters.